The van der Waals surface area contributed by atoms with Gasteiger partial charge in [-0.1, -0.05) is 13.8 Å². The van der Waals surface area contributed by atoms with E-state index in [9.17, 15) is 9.59 Å². The fourth-order valence-corrected chi connectivity index (χ4v) is 0.751. The Bertz CT molecular complexity index is 174. The van der Waals surface area contributed by atoms with Crippen molar-refractivity contribution in [3.05, 3.63) is 0 Å². The Morgan fingerprint density at radius 1 is 1.25 bits per heavy atom. The molecule has 0 rings (SSSR count). The minimum atomic E-state index is -0.785. The Morgan fingerprint density at radius 2 is 1.75 bits per heavy atom. The quantitative estimate of drug-likeness (QED) is 0.592. The Morgan fingerprint density at radius 3 is 2.00 bits per heavy atom. The molecule has 0 fully saturated rings. The molecule has 4 nitrogen and oxygen atoms in total. The molecule has 4 heteroatoms. The van der Waals surface area contributed by atoms with Crippen LogP contribution in [-0.2, 0) is 19.1 Å². The minimum absolute atomic E-state index is 0.0682. The van der Waals surface area contributed by atoms with Crippen molar-refractivity contribution in [2.75, 3.05) is 7.11 Å². The molecule has 0 aliphatic carbocycles. The number of carbonyl (C=O) groups excluding carboxylic acids is 2. The third-order valence-corrected chi connectivity index (χ3v) is 1.33. The fourth-order valence-electron chi connectivity index (χ4n) is 0.751. The van der Waals surface area contributed by atoms with Gasteiger partial charge in [0.05, 0.1) is 7.11 Å². The van der Waals surface area contributed by atoms with E-state index in [2.05, 4.69) is 4.74 Å². The molecule has 0 aromatic rings. The fraction of sp³-hybridized carbons (Fsp3) is 0.750. The van der Waals surface area contributed by atoms with Crippen LogP contribution in [-0.4, -0.2) is 25.2 Å². The zero-order valence-corrected chi connectivity index (χ0v) is 7.79. The maximum absolute atomic E-state index is 11.0. The van der Waals surface area contributed by atoms with E-state index in [1.54, 1.807) is 13.8 Å². The lowest BCUT2D eigenvalue weighted by molar-refractivity contribution is -0.167. The van der Waals surface area contributed by atoms with Crippen molar-refractivity contribution in [2.24, 2.45) is 5.92 Å². The van der Waals surface area contributed by atoms with Crippen LogP contribution >= 0.6 is 0 Å². The molecule has 0 saturated carbocycles. The van der Waals surface area contributed by atoms with Gasteiger partial charge in [-0.3, -0.25) is 4.79 Å². The van der Waals surface area contributed by atoms with Gasteiger partial charge in [0.2, 0.25) is 6.10 Å². The van der Waals surface area contributed by atoms with Crippen LogP contribution in [0.4, 0.5) is 0 Å². The van der Waals surface area contributed by atoms with E-state index >= 15 is 0 Å². The Labute approximate surface area is 71.8 Å². The summed E-state index contributed by atoms with van der Waals surface area (Å²) < 4.78 is 9.21. The molecular weight excluding hydrogens is 160 g/mol. The molecule has 0 unspecified atom stereocenters. The van der Waals surface area contributed by atoms with E-state index in [1.165, 1.54) is 14.0 Å². The summed E-state index contributed by atoms with van der Waals surface area (Å²) in [5.41, 5.74) is 0. The standard InChI is InChI=1S/C8H14O4/c1-5(2)7(8(10)11-4)12-6(3)9/h5,7H,1-4H3/t7-/m1/s1. The molecule has 0 saturated heterocycles. The monoisotopic (exact) mass is 174 g/mol. The lowest BCUT2D eigenvalue weighted by Gasteiger charge is -2.17. The van der Waals surface area contributed by atoms with Gasteiger partial charge >= 0.3 is 11.9 Å². The molecule has 0 aliphatic heterocycles. The van der Waals surface area contributed by atoms with E-state index in [4.69, 9.17) is 4.74 Å². The summed E-state index contributed by atoms with van der Waals surface area (Å²) in [5.74, 6) is -1.05. The van der Waals surface area contributed by atoms with Gasteiger partial charge in [0.1, 0.15) is 0 Å². The zero-order chi connectivity index (χ0) is 9.72. The largest absolute Gasteiger partial charge is 0.466 e. The summed E-state index contributed by atoms with van der Waals surface area (Å²) in [4.78, 5) is 21.5. The van der Waals surface area contributed by atoms with Crippen LogP contribution in [0.1, 0.15) is 20.8 Å². The minimum Gasteiger partial charge on any atom is -0.466 e. The van der Waals surface area contributed by atoms with Crippen LogP contribution in [0, 0.1) is 5.92 Å². The highest BCUT2D eigenvalue weighted by Crippen LogP contribution is 2.08. The van der Waals surface area contributed by atoms with Crippen LogP contribution < -0.4 is 0 Å². The highest BCUT2D eigenvalue weighted by atomic mass is 16.6. The van der Waals surface area contributed by atoms with E-state index in [-0.39, 0.29) is 5.92 Å². The third-order valence-electron chi connectivity index (χ3n) is 1.33. The Kier molecular flexibility index (Phi) is 4.33. The molecule has 70 valence electrons. The number of hydrogen-bond donors (Lipinski definition) is 0. The summed E-state index contributed by atoms with van der Waals surface area (Å²) in [6.07, 6.45) is -0.785. The summed E-state index contributed by atoms with van der Waals surface area (Å²) >= 11 is 0. The third kappa shape index (κ3) is 3.37. The van der Waals surface area contributed by atoms with Crippen molar-refractivity contribution in [1.82, 2.24) is 0 Å². The molecule has 0 amide bonds. The summed E-state index contributed by atoms with van der Waals surface area (Å²) in [7, 11) is 1.27. The van der Waals surface area contributed by atoms with E-state index < -0.39 is 18.0 Å². The first kappa shape index (κ1) is 10.9. The molecule has 1 atom stereocenters. The smallest absolute Gasteiger partial charge is 0.347 e. The SMILES string of the molecule is COC(=O)[C@H](OC(C)=O)C(C)C. The number of ether oxygens (including phenoxy) is 2. The van der Waals surface area contributed by atoms with E-state index in [0.29, 0.717) is 0 Å². The van der Waals surface area contributed by atoms with Crippen LogP contribution in [0.5, 0.6) is 0 Å². The second kappa shape index (κ2) is 4.74. The predicted octanol–water partition coefficient (Wildman–Crippen LogP) is 0.747. The molecule has 0 aromatic heterocycles. The normalized spacial score (nSPS) is 12.4. The summed E-state index contributed by atoms with van der Waals surface area (Å²) in [6.45, 7) is 4.83. The van der Waals surface area contributed by atoms with Crippen molar-refractivity contribution in [3.8, 4) is 0 Å². The van der Waals surface area contributed by atoms with Crippen molar-refractivity contribution >= 4 is 11.9 Å². The van der Waals surface area contributed by atoms with Gasteiger partial charge in [-0.05, 0) is 0 Å². The highest BCUT2D eigenvalue weighted by molar-refractivity contribution is 5.78. The van der Waals surface area contributed by atoms with E-state index in [1.807, 2.05) is 0 Å². The molecule has 0 spiro atoms. The van der Waals surface area contributed by atoms with Crippen molar-refractivity contribution in [3.63, 3.8) is 0 Å². The second-order valence-electron chi connectivity index (χ2n) is 2.80. The van der Waals surface area contributed by atoms with Gasteiger partial charge < -0.3 is 9.47 Å². The summed E-state index contributed by atoms with van der Waals surface area (Å²) in [5, 5.41) is 0. The number of hydrogen-bond acceptors (Lipinski definition) is 4. The molecule has 12 heavy (non-hydrogen) atoms. The van der Waals surface area contributed by atoms with E-state index in [0.717, 1.165) is 0 Å². The Hall–Kier alpha value is -1.06. The number of esters is 2. The van der Waals surface area contributed by atoms with Gasteiger partial charge in [-0.15, -0.1) is 0 Å². The van der Waals surface area contributed by atoms with Crippen LogP contribution in [0.25, 0.3) is 0 Å². The topological polar surface area (TPSA) is 52.6 Å². The van der Waals surface area contributed by atoms with Gasteiger partial charge in [0.15, 0.2) is 0 Å². The molecule has 0 radical (unpaired) electrons. The first-order valence-corrected chi connectivity index (χ1v) is 3.74. The molecule has 0 N–H and O–H groups in total. The Balaban J connectivity index is 4.23. The molecular formula is C8H14O4. The van der Waals surface area contributed by atoms with Crippen molar-refractivity contribution in [1.29, 1.82) is 0 Å². The lowest BCUT2D eigenvalue weighted by atomic mass is 10.1. The van der Waals surface area contributed by atoms with Crippen LogP contribution in [0.2, 0.25) is 0 Å². The van der Waals surface area contributed by atoms with Gasteiger partial charge in [-0.2, -0.15) is 0 Å². The predicted molar refractivity (Wildman–Crippen MR) is 42.4 cm³/mol. The maximum Gasteiger partial charge on any atom is 0.347 e. The van der Waals surface area contributed by atoms with Gasteiger partial charge in [0, 0.05) is 12.8 Å². The molecule has 0 heterocycles. The van der Waals surface area contributed by atoms with Crippen molar-refractivity contribution < 1.29 is 19.1 Å². The summed E-state index contributed by atoms with van der Waals surface area (Å²) in [6, 6.07) is 0. The lowest BCUT2D eigenvalue weighted by Crippen LogP contribution is -2.32. The first-order valence-electron chi connectivity index (χ1n) is 3.74. The van der Waals surface area contributed by atoms with Crippen LogP contribution in [0.3, 0.4) is 0 Å². The van der Waals surface area contributed by atoms with Gasteiger partial charge in [-0.25, -0.2) is 4.79 Å². The highest BCUT2D eigenvalue weighted by Gasteiger charge is 2.25. The molecule has 0 aliphatic rings. The average Bonchev–Trinajstić information content (AvgIpc) is 1.98. The molecule has 0 aromatic carbocycles. The second-order valence-corrected chi connectivity index (χ2v) is 2.80. The number of rotatable bonds is 3. The maximum atomic E-state index is 11.0. The average molecular weight is 174 g/mol. The number of methoxy groups -OCH3 is 1. The molecule has 0 bridgehead atoms. The number of carbonyl (C=O) groups is 2. The van der Waals surface area contributed by atoms with Crippen LogP contribution in [0.15, 0.2) is 0 Å². The van der Waals surface area contributed by atoms with Crippen molar-refractivity contribution in [2.45, 2.75) is 26.9 Å². The first-order chi connectivity index (χ1) is 5.49. The van der Waals surface area contributed by atoms with Gasteiger partial charge in [0.25, 0.3) is 0 Å². The zero-order valence-electron chi connectivity index (χ0n) is 7.79.